The van der Waals surface area contributed by atoms with Crippen LogP contribution in [0, 0.1) is 0 Å². The van der Waals surface area contributed by atoms with Gasteiger partial charge in [0.2, 0.25) is 5.91 Å². The Bertz CT molecular complexity index is 531. The molecule has 1 saturated carbocycles. The van der Waals surface area contributed by atoms with Crippen molar-refractivity contribution in [2.75, 3.05) is 20.6 Å². The number of hydrogen-bond donors (Lipinski definition) is 2. The van der Waals surface area contributed by atoms with Crippen LogP contribution < -0.4 is 10.1 Å². The van der Waals surface area contributed by atoms with E-state index >= 15 is 0 Å². The van der Waals surface area contributed by atoms with Gasteiger partial charge >= 0.3 is 0 Å². The minimum atomic E-state index is -0.709. The Kier molecular flexibility index (Phi) is 7.28. The molecule has 1 fully saturated rings. The van der Waals surface area contributed by atoms with Crippen molar-refractivity contribution in [3.05, 3.63) is 42.5 Å². The van der Waals surface area contributed by atoms with E-state index in [4.69, 9.17) is 4.74 Å². The zero-order valence-corrected chi connectivity index (χ0v) is 14.5. The molecule has 0 bridgehead atoms. The van der Waals surface area contributed by atoms with Gasteiger partial charge in [-0.15, -0.1) is 0 Å². The third-order valence-corrected chi connectivity index (χ3v) is 4.15. The molecular weight excluding hydrogens is 304 g/mol. The minimum Gasteiger partial charge on any atom is -0.488 e. The summed E-state index contributed by atoms with van der Waals surface area (Å²) in [5, 5.41) is 13.6. The number of carbonyl (C=O) groups is 1. The van der Waals surface area contributed by atoms with E-state index in [2.05, 4.69) is 5.32 Å². The first-order valence-electron chi connectivity index (χ1n) is 8.58. The molecule has 0 radical (unpaired) electrons. The van der Waals surface area contributed by atoms with Crippen LogP contribution in [-0.2, 0) is 4.79 Å². The molecule has 2 rings (SSSR count). The van der Waals surface area contributed by atoms with Crippen molar-refractivity contribution in [3.8, 4) is 5.75 Å². The number of amides is 1. The Morgan fingerprint density at radius 2 is 2.00 bits per heavy atom. The lowest BCUT2D eigenvalue weighted by Crippen LogP contribution is -2.48. The lowest BCUT2D eigenvalue weighted by atomic mass is 10.0. The number of aliphatic hydroxyl groups is 1. The third kappa shape index (κ3) is 5.98. The number of carbonyl (C=O) groups excluding carboxylic acids is 1. The van der Waals surface area contributed by atoms with E-state index in [9.17, 15) is 9.90 Å². The SMILES string of the molecule is CN(C)C/C=C/C(=O)N[C@@H]1CCCC[C@@H](Oc2ccccc2)[C@@H]1O. The molecule has 132 valence electrons. The highest BCUT2D eigenvalue weighted by Crippen LogP contribution is 2.23. The first-order chi connectivity index (χ1) is 11.6. The second-order valence-electron chi connectivity index (χ2n) is 6.52. The topological polar surface area (TPSA) is 61.8 Å². The zero-order chi connectivity index (χ0) is 17.4. The summed E-state index contributed by atoms with van der Waals surface area (Å²) >= 11 is 0. The van der Waals surface area contributed by atoms with E-state index < -0.39 is 6.10 Å². The van der Waals surface area contributed by atoms with Gasteiger partial charge in [-0.25, -0.2) is 0 Å². The predicted octanol–water partition coefficient (Wildman–Crippen LogP) is 1.97. The Hall–Kier alpha value is -1.85. The van der Waals surface area contributed by atoms with Gasteiger partial charge in [0, 0.05) is 12.6 Å². The number of benzene rings is 1. The third-order valence-electron chi connectivity index (χ3n) is 4.15. The summed E-state index contributed by atoms with van der Waals surface area (Å²) in [6.45, 7) is 0.709. The van der Waals surface area contributed by atoms with Gasteiger partial charge < -0.3 is 20.1 Å². The van der Waals surface area contributed by atoms with Crippen molar-refractivity contribution in [1.29, 1.82) is 0 Å². The molecule has 1 aliphatic carbocycles. The van der Waals surface area contributed by atoms with Gasteiger partial charge in [-0.3, -0.25) is 4.79 Å². The molecule has 0 aliphatic heterocycles. The van der Waals surface area contributed by atoms with Gasteiger partial charge in [0.05, 0.1) is 6.04 Å². The van der Waals surface area contributed by atoms with Gasteiger partial charge in [0.25, 0.3) is 0 Å². The van der Waals surface area contributed by atoms with Gasteiger partial charge in [0.1, 0.15) is 18.0 Å². The van der Waals surface area contributed by atoms with E-state index in [1.807, 2.05) is 55.4 Å². The van der Waals surface area contributed by atoms with Crippen LogP contribution in [0.3, 0.4) is 0 Å². The van der Waals surface area contributed by atoms with Crippen LogP contribution in [0.15, 0.2) is 42.5 Å². The van der Waals surface area contributed by atoms with Crippen molar-refractivity contribution in [1.82, 2.24) is 10.2 Å². The second kappa shape index (κ2) is 9.45. The molecule has 0 saturated heterocycles. The monoisotopic (exact) mass is 332 g/mol. The van der Waals surface area contributed by atoms with Gasteiger partial charge in [0.15, 0.2) is 0 Å². The quantitative estimate of drug-likeness (QED) is 0.618. The number of hydrogen-bond acceptors (Lipinski definition) is 4. The second-order valence-corrected chi connectivity index (χ2v) is 6.52. The molecule has 0 aromatic heterocycles. The van der Waals surface area contributed by atoms with Crippen LogP contribution in [0.25, 0.3) is 0 Å². The molecule has 5 heteroatoms. The highest BCUT2D eigenvalue weighted by atomic mass is 16.5. The van der Waals surface area contributed by atoms with Gasteiger partial charge in [-0.2, -0.15) is 0 Å². The summed E-state index contributed by atoms with van der Waals surface area (Å²) in [6, 6.07) is 9.24. The summed E-state index contributed by atoms with van der Waals surface area (Å²) in [4.78, 5) is 14.0. The fourth-order valence-corrected chi connectivity index (χ4v) is 2.87. The van der Waals surface area contributed by atoms with Crippen LogP contribution in [0.2, 0.25) is 0 Å². The van der Waals surface area contributed by atoms with Crippen molar-refractivity contribution in [3.63, 3.8) is 0 Å². The van der Waals surface area contributed by atoms with Crippen molar-refractivity contribution in [2.24, 2.45) is 0 Å². The molecule has 0 unspecified atom stereocenters. The smallest absolute Gasteiger partial charge is 0.244 e. The Morgan fingerprint density at radius 3 is 2.71 bits per heavy atom. The fourth-order valence-electron chi connectivity index (χ4n) is 2.87. The molecule has 0 heterocycles. The summed E-state index contributed by atoms with van der Waals surface area (Å²) in [6.07, 6.45) is 5.85. The van der Waals surface area contributed by atoms with Crippen LogP contribution >= 0.6 is 0 Å². The molecule has 1 amide bonds. The first kappa shape index (κ1) is 18.5. The molecule has 0 spiro atoms. The first-order valence-corrected chi connectivity index (χ1v) is 8.58. The molecule has 1 aromatic carbocycles. The maximum Gasteiger partial charge on any atom is 0.244 e. The largest absolute Gasteiger partial charge is 0.488 e. The highest BCUT2D eigenvalue weighted by molar-refractivity contribution is 5.87. The number of likely N-dealkylation sites (N-methyl/N-ethyl adjacent to an activating group) is 1. The van der Waals surface area contributed by atoms with E-state index in [0.29, 0.717) is 6.54 Å². The summed E-state index contributed by atoms with van der Waals surface area (Å²) < 4.78 is 5.95. The zero-order valence-electron chi connectivity index (χ0n) is 14.5. The van der Waals surface area contributed by atoms with E-state index in [0.717, 1.165) is 31.4 Å². The summed E-state index contributed by atoms with van der Waals surface area (Å²) in [5.41, 5.74) is 0. The van der Waals surface area contributed by atoms with E-state index in [-0.39, 0.29) is 18.1 Å². The van der Waals surface area contributed by atoms with Crippen LogP contribution in [0.4, 0.5) is 0 Å². The maximum atomic E-state index is 12.0. The van der Waals surface area contributed by atoms with Crippen molar-refractivity contribution >= 4 is 5.91 Å². The summed E-state index contributed by atoms with van der Waals surface area (Å²) in [7, 11) is 3.89. The predicted molar refractivity (Wildman–Crippen MR) is 95.0 cm³/mol. The van der Waals surface area contributed by atoms with E-state index in [1.165, 1.54) is 6.08 Å². The lowest BCUT2D eigenvalue weighted by Gasteiger charge is -2.28. The van der Waals surface area contributed by atoms with Gasteiger partial charge in [-0.05, 0) is 45.5 Å². The maximum absolute atomic E-state index is 12.0. The molecule has 5 nitrogen and oxygen atoms in total. The molecule has 24 heavy (non-hydrogen) atoms. The van der Waals surface area contributed by atoms with Crippen LogP contribution in [0.5, 0.6) is 5.75 Å². The normalized spacial score (nSPS) is 24.8. The minimum absolute atomic E-state index is 0.165. The van der Waals surface area contributed by atoms with E-state index in [1.54, 1.807) is 0 Å². The number of rotatable bonds is 6. The number of para-hydroxylation sites is 1. The Morgan fingerprint density at radius 1 is 1.29 bits per heavy atom. The molecule has 2 N–H and O–H groups in total. The summed E-state index contributed by atoms with van der Waals surface area (Å²) in [5.74, 6) is 0.584. The number of ether oxygens (including phenoxy) is 1. The van der Waals surface area contributed by atoms with Crippen LogP contribution in [-0.4, -0.2) is 54.8 Å². The standard InChI is InChI=1S/C19H28N2O3/c1-21(2)14-8-13-18(22)20-16-11-6-7-12-17(19(16)23)24-15-9-4-3-5-10-15/h3-5,8-10,13,16-17,19,23H,6-7,11-12,14H2,1-2H3,(H,20,22)/b13-8+/t16-,17-,19-/m1/s1. The fraction of sp³-hybridized carbons (Fsp3) is 0.526. The molecule has 3 atom stereocenters. The van der Waals surface area contributed by atoms with Crippen LogP contribution in [0.1, 0.15) is 25.7 Å². The molecule has 1 aliphatic rings. The lowest BCUT2D eigenvalue weighted by molar-refractivity contribution is -0.118. The average Bonchev–Trinajstić information content (AvgIpc) is 2.71. The molecular formula is C19H28N2O3. The Labute approximate surface area is 144 Å². The number of nitrogens with one attached hydrogen (secondary N) is 1. The van der Waals surface area contributed by atoms with Crippen molar-refractivity contribution < 1.29 is 14.6 Å². The average molecular weight is 332 g/mol. The van der Waals surface area contributed by atoms with Gasteiger partial charge in [-0.1, -0.05) is 30.7 Å². The van der Waals surface area contributed by atoms with Crippen molar-refractivity contribution in [2.45, 2.75) is 43.9 Å². The molecule has 1 aromatic rings. The number of nitrogens with zero attached hydrogens (tertiary/aromatic N) is 1. The number of aliphatic hydroxyl groups excluding tert-OH is 1. The Balaban J connectivity index is 1.94. The highest BCUT2D eigenvalue weighted by Gasteiger charge is 2.32.